The van der Waals surface area contributed by atoms with Crippen molar-refractivity contribution >= 4 is 13.6 Å². The van der Waals surface area contributed by atoms with Gasteiger partial charge in [0, 0.05) is 0 Å². The Morgan fingerprint density at radius 1 is 0.933 bits per heavy atom. The maximum atomic E-state index is 13.3. The van der Waals surface area contributed by atoms with Gasteiger partial charge in [-0.15, -0.1) is 0 Å². The van der Waals surface area contributed by atoms with Crippen molar-refractivity contribution in [3.05, 3.63) is 71.8 Å². The molecule has 0 amide bonds. The molecule has 5 nitrogen and oxygen atoms in total. The minimum Gasteiger partial charge on any atom is -0.459 e. The number of benzene rings is 2. The Balaban J connectivity index is 1.97. The number of hydrogen-bond acceptors (Lipinski definition) is 5. The zero-order chi connectivity index (χ0) is 21.7. The van der Waals surface area contributed by atoms with Crippen LogP contribution in [0.3, 0.4) is 0 Å². The fourth-order valence-electron chi connectivity index (χ4n) is 3.08. The summed E-state index contributed by atoms with van der Waals surface area (Å²) in [5.41, 5.74) is 2.07. The van der Waals surface area contributed by atoms with E-state index in [1.54, 1.807) is 6.92 Å². The van der Waals surface area contributed by atoms with Crippen LogP contribution in [0.25, 0.3) is 0 Å². The van der Waals surface area contributed by atoms with Crippen LogP contribution in [0.1, 0.15) is 50.7 Å². The summed E-state index contributed by atoms with van der Waals surface area (Å²) >= 11 is 0. The van der Waals surface area contributed by atoms with Crippen molar-refractivity contribution in [2.45, 2.75) is 58.7 Å². The van der Waals surface area contributed by atoms with Crippen LogP contribution in [0.2, 0.25) is 0 Å². The Kier molecular flexibility index (Phi) is 10.9. The van der Waals surface area contributed by atoms with Gasteiger partial charge in [0.15, 0.2) is 6.10 Å². The number of carbonyl (C=O) groups excluding carboxylic acids is 1. The molecule has 2 rings (SSSR count). The molecule has 0 spiro atoms. The van der Waals surface area contributed by atoms with Crippen LogP contribution in [-0.2, 0) is 36.2 Å². The number of ether oxygens (including phenoxy) is 1. The van der Waals surface area contributed by atoms with Crippen molar-refractivity contribution < 1.29 is 23.1 Å². The van der Waals surface area contributed by atoms with Crippen LogP contribution in [0.15, 0.2) is 60.7 Å². The van der Waals surface area contributed by atoms with E-state index >= 15 is 0 Å². The van der Waals surface area contributed by atoms with Crippen molar-refractivity contribution in [1.29, 1.82) is 0 Å². The summed E-state index contributed by atoms with van der Waals surface area (Å²) in [6, 6.07) is 19.5. The molecular weight excluding hydrogens is 399 g/mol. The highest BCUT2D eigenvalue weighted by atomic mass is 31.2. The molecule has 0 aliphatic heterocycles. The SMILES string of the molecule is CCCC[C@@H](OP(=O)(CCCc1ccccc1)OCC)C(=O)OCc1ccccc1. The highest BCUT2D eigenvalue weighted by molar-refractivity contribution is 7.53. The third-order valence-electron chi connectivity index (χ3n) is 4.66. The van der Waals surface area contributed by atoms with Crippen molar-refractivity contribution in [3.63, 3.8) is 0 Å². The minimum atomic E-state index is -3.40. The number of carbonyl (C=O) groups is 1. The summed E-state index contributed by atoms with van der Waals surface area (Å²) in [5.74, 6) is -0.490. The highest BCUT2D eigenvalue weighted by Crippen LogP contribution is 2.50. The molecular formula is C24H33O5P. The lowest BCUT2D eigenvalue weighted by Crippen LogP contribution is -2.26. The number of aryl methyl sites for hydroxylation is 1. The first-order valence-electron chi connectivity index (χ1n) is 10.7. The summed E-state index contributed by atoms with van der Waals surface area (Å²) < 4.78 is 30.1. The fourth-order valence-corrected chi connectivity index (χ4v) is 4.90. The molecule has 164 valence electrons. The van der Waals surface area contributed by atoms with Gasteiger partial charge in [0.25, 0.3) is 0 Å². The van der Waals surface area contributed by atoms with Crippen LogP contribution in [0.5, 0.6) is 0 Å². The number of hydrogen-bond donors (Lipinski definition) is 0. The Bertz CT molecular complexity index is 779. The van der Waals surface area contributed by atoms with Gasteiger partial charge in [-0.05, 0) is 37.3 Å². The van der Waals surface area contributed by atoms with E-state index in [1.165, 1.54) is 5.56 Å². The lowest BCUT2D eigenvalue weighted by atomic mass is 10.1. The molecule has 2 aromatic carbocycles. The van der Waals surface area contributed by atoms with Gasteiger partial charge in [0.2, 0.25) is 0 Å². The second-order valence-corrected chi connectivity index (χ2v) is 9.31. The predicted octanol–water partition coefficient (Wildman–Crippen LogP) is 6.17. The third kappa shape index (κ3) is 8.83. The van der Waals surface area contributed by atoms with E-state index < -0.39 is 19.7 Å². The molecule has 0 fully saturated rings. The molecule has 0 bridgehead atoms. The fraction of sp³-hybridized carbons (Fsp3) is 0.458. The van der Waals surface area contributed by atoms with Crippen LogP contribution in [-0.4, -0.2) is 24.8 Å². The van der Waals surface area contributed by atoms with E-state index in [4.69, 9.17) is 13.8 Å². The molecule has 0 heterocycles. The summed E-state index contributed by atoms with van der Waals surface area (Å²) in [6.45, 7) is 4.25. The molecule has 0 aliphatic rings. The molecule has 2 aromatic rings. The third-order valence-corrected chi connectivity index (χ3v) is 6.75. The van der Waals surface area contributed by atoms with E-state index in [0.717, 1.165) is 24.8 Å². The lowest BCUT2D eigenvalue weighted by Gasteiger charge is -2.23. The molecule has 0 saturated heterocycles. The Morgan fingerprint density at radius 3 is 2.17 bits per heavy atom. The standard InChI is InChI=1S/C24H33O5P/c1-3-5-18-23(24(25)27-20-22-15-10-7-11-16-22)29-30(26,28-4-2)19-12-17-21-13-8-6-9-14-21/h6-11,13-16,23H,3-5,12,17-20H2,1-2H3/t23-,30?/m1/s1. The largest absolute Gasteiger partial charge is 0.459 e. The van der Waals surface area contributed by atoms with E-state index in [1.807, 2.05) is 67.6 Å². The van der Waals surface area contributed by atoms with E-state index in [9.17, 15) is 9.36 Å². The summed E-state index contributed by atoms with van der Waals surface area (Å²) in [7, 11) is -3.40. The first-order chi connectivity index (χ1) is 14.6. The molecule has 0 saturated carbocycles. The van der Waals surface area contributed by atoms with Gasteiger partial charge >= 0.3 is 13.6 Å². The molecule has 0 N–H and O–H groups in total. The number of unbranched alkanes of at least 4 members (excludes halogenated alkanes) is 1. The first-order valence-corrected chi connectivity index (χ1v) is 12.5. The van der Waals surface area contributed by atoms with Crippen LogP contribution >= 0.6 is 7.60 Å². The van der Waals surface area contributed by atoms with Crippen LogP contribution in [0, 0.1) is 0 Å². The molecule has 1 unspecified atom stereocenters. The minimum absolute atomic E-state index is 0.165. The zero-order valence-corrected chi connectivity index (χ0v) is 18.9. The monoisotopic (exact) mass is 432 g/mol. The van der Waals surface area contributed by atoms with Gasteiger partial charge in [-0.3, -0.25) is 9.09 Å². The maximum Gasteiger partial charge on any atom is 0.336 e. The van der Waals surface area contributed by atoms with E-state index in [-0.39, 0.29) is 19.4 Å². The quantitative estimate of drug-likeness (QED) is 0.264. The summed E-state index contributed by atoms with van der Waals surface area (Å²) in [6.07, 6.45) is 2.95. The topological polar surface area (TPSA) is 61.8 Å². The predicted molar refractivity (Wildman–Crippen MR) is 119 cm³/mol. The molecule has 2 atom stereocenters. The normalized spacial score (nSPS) is 14.1. The van der Waals surface area contributed by atoms with Crippen LogP contribution < -0.4 is 0 Å². The molecule has 0 radical (unpaired) electrons. The summed E-state index contributed by atoms with van der Waals surface area (Å²) in [5, 5.41) is 0. The van der Waals surface area contributed by atoms with E-state index in [2.05, 4.69) is 0 Å². The molecule has 6 heteroatoms. The Morgan fingerprint density at radius 2 is 1.57 bits per heavy atom. The molecule has 30 heavy (non-hydrogen) atoms. The molecule has 0 aliphatic carbocycles. The average Bonchev–Trinajstić information content (AvgIpc) is 2.76. The summed E-state index contributed by atoms with van der Waals surface area (Å²) in [4.78, 5) is 12.7. The maximum absolute atomic E-state index is 13.3. The molecule has 0 aromatic heterocycles. The average molecular weight is 432 g/mol. The second kappa shape index (κ2) is 13.4. The number of esters is 1. The Hall–Kier alpha value is -1.94. The van der Waals surface area contributed by atoms with Gasteiger partial charge in [0.1, 0.15) is 6.61 Å². The first kappa shape index (κ1) is 24.3. The van der Waals surface area contributed by atoms with Crippen molar-refractivity contribution in [2.24, 2.45) is 0 Å². The van der Waals surface area contributed by atoms with Gasteiger partial charge in [-0.2, -0.15) is 0 Å². The van der Waals surface area contributed by atoms with Gasteiger partial charge < -0.3 is 9.26 Å². The van der Waals surface area contributed by atoms with Crippen LogP contribution in [0.4, 0.5) is 0 Å². The lowest BCUT2D eigenvalue weighted by molar-refractivity contribution is -0.154. The van der Waals surface area contributed by atoms with Gasteiger partial charge in [-0.1, -0.05) is 80.4 Å². The van der Waals surface area contributed by atoms with E-state index in [0.29, 0.717) is 12.8 Å². The second-order valence-electron chi connectivity index (χ2n) is 7.17. The van der Waals surface area contributed by atoms with Crippen molar-refractivity contribution in [1.82, 2.24) is 0 Å². The van der Waals surface area contributed by atoms with Crippen molar-refractivity contribution in [3.8, 4) is 0 Å². The number of rotatable bonds is 14. The zero-order valence-electron chi connectivity index (χ0n) is 18.0. The van der Waals surface area contributed by atoms with Gasteiger partial charge in [-0.25, -0.2) is 4.79 Å². The highest BCUT2D eigenvalue weighted by Gasteiger charge is 2.32. The van der Waals surface area contributed by atoms with Gasteiger partial charge in [0.05, 0.1) is 12.8 Å². The smallest absolute Gasteiger partial charge is 0.336 e. The Labute approximate surface area is 180 Å². The van der Waals surface area contributed by atoms with Crippen molar-refractivity contribution in [2.75, 3.05) is 12.8 Å².